The van der Waals surface area contributed by atoms with Crippen LogP contribution in [0.3, 0.4) is 0 Å². The third-order valence-electron chi connectivity index (χ3n) is 6.34. The Hall–Kier alpha value is -3.03. The molecular formula is C24H19BrClF3N4O4S. The van der Waals surface area contributed by atoms with E-state index in [4.69, 9.17) is 21.8 Å². The summed E-state index contributed by atoms with van der Waals surface area (Å²) < 4.78 is 72.6. The molecule has 1 saturated carbocycles. The highest BCUT2D eigenvalue weighted by Crippen LogP contribution is 2.49. The van der Waals surface area contributed by atoms with E-state index in [0.29, 0.717) is 44.9 Å². The van der Waals surface area contributed by atoms with Crippen LogP contribution in [0, 0.1) is 5.92 Å². The summed E-state index contributed by atoms with van der Waals surface area (Å²) in [6.45, 7) is 0.0296. The Morgan fingerprint density at radius 1 is 1.21 bits per heavy atom. The molecule has 0 atom stereocenters. The molecule has 1 amide bonds. The maximum Gasteiger partial charge on any atom is 0.516 e. The zero-order valence-corrected chi connectivity index (χ0v) is 22.5. The van der Waals surface area contributed by atoms with E-state index in [1.54, 1.807) is 21.4 Å². The molecule has 2 aliphatic carbocycles. The van der Waals surface area contributed by atoms with E-state index in [-0.39, 0.29) is 28.6 Å². The number of benzene rings is 1. The zero-order chi connectivity index (χ0) is 27.4. The quantitative estimate of drug-likeness (QED) is 0.246. The van der Waals surface area contributed by atoms with Crippen molar-refractivity contribution < 1.29 is 30.8 Å². The van der Waals surface area contributed by atoms with Gasteiger partial charge in [0.05, 0.1) is 24.8 Å². The number of sulfonamides is 1. The number of carbonyl (C=O) groups excluding carboxylic acids is 1. The summed E-state index contributed by atoms with van der Waals surface area (Å²) in [4.78, 5) is 16.7. The average Bonchev–Trinajstić information content (AvgIpc) is 3.54. The molecule has 0 spiro atoms. The lowest BCUT2D eigenvalue weighted by atomic mass is 10.0. The first kappa shape index (κ1) is 26.6. The molecular weight excluding hydrogens is 613 g/mol. The normalized spacial score (nSPS) is 14.2. The monoisotopic (exact) mass is 630 g/mol. The molecule has 200 valence electrons. The van der Waals surface area contributed by atoms with Gasteiger partial charge in [0.2, 0.25) is 0 Å². The Kier molecular flexibility index (Phi) is 6.72. The molecule has 1 aromatic carbocycles. The van der Waals surface area contributed by atoms with Crippen molar-refractivity contribution in [1.82, 2.24) is 9.55 Å². The number of para-hydroxylation sites is 1. The molecule has 5 rings (SSSR count). The molecule has 3 N–H and O–H groups in total. The van der Waals surface area contributed by atoms with E-state index in [1.165, 1.54) is 30.7 Å². The van der Waals surface area contributed by atoms with Gasteiger partial charge in [-0.1, -0.05) is 29.8 Å². The smallest absolute Gasteiger partial charge is 0.472 e. The lowest BCUT2D eigenvalue weighted by Gasteiger charge is -2.17. The van der Waals surface area contributed by atoms with Crippen LogP contribution in [0.1, 0.15) is 34.7 Å². The molecule has 3 aliphatic rings. The number of aromatic nitrogens is 2. The Morgan fingerprint density at radius 3 is 2.58 bits per heavy atom. The second-order valence-electron chi connectivity index (χ2n) is 8.91. The number of alkyl halides is 3. The Morgan fingerprint density at radius 2 is 1.92 bits per heavy atom. The number of fused-ring (bicyclic) bond motifs is 1. The minimum absolute atomic E-state index is 0.00502. The molecule has 1 aromatic heterocycles. The lowest BCUT2D eigenvalue weighted by Crippen LogP contribution is -2.30. The van der Waals surface area contributed by atoms with Gasteiger partial charge in [0.25, 0.3) is 5.91 Å². The van der Waals surface area contributed by atoms with Gasteiger partial charge in [0.1, 0.15) is 11.5 Å². The second-order valence-corrected chi connectivity index (χ2v) is 11.7. The number of anilines is 1. The summed E-state index contributed by atoms with van der Waals surface area (Å²) in [5, 5.41) is -0.0436. The molecule has 0 bridgehead atoms. The Labute approximate surface area is 228 Å². The van der Waals surface area contributed by atoms with Crippen LogP contribution in [0.15, 0.2) is 51.7 Å². The van der Waals surface area contributed by atoms with E-state index < -0.39 is 21.4 Å². The number of carbonyl (C=O) groups is 1. The number of rotatable bonds is 8. The van der Waals surface area contributed by atoms with Crippen LogP contribution in [0.2, 0.25) is 5.15 Å². The van der Waals surface area contributed by atoms with Crippen molar-refractivity contribution in [3.8, 4) is 22.3 Å². The number of halogens is 5. The van der Waals surface area contributed by atoms with Gasteiger partial charge >= 0.3 is 15.5 Å². The maximum absolute atomic E-state index is 13.2. The molecule has 2 heterocycles. The van der Waals surface area contributed by atoms with Crippen molar-refractivity contribution in [1.29, 1.82) is 0 Å². The highest BCUT2D eigenvalue weighted by atomic mass is 79.9. The zero-order valence-electron chi connectivity index (χ0n) is 19.4. The minimum atomic E-state index is -5.70. The number of primary amides is 1. The second kappa shape index (κ2) is 9.62. The number of hydrogen-bond donors (Lipinski definition) is 2. The number of nitrogens with two attached hydrogens (primary N) is 1. The molecule has 8 nitrogen and oxygen atoms in total. The predicted molar refractivity (Wildman–Crippen MR) is 138 cm³/mol. The highest BCUT2D eigenvalue weighted by molar-refractivity contribution is 9.10. The van der Waals surface area contributed by atoms with Crippen molar-refractivity contribution in [3.63, 3.8) is 0 Å². The fourth-order valence-electron chi connectivity index (χ4n) is 4.41. The highest BCUT2D eigenvalue weighted by Gasteiger charge is 2.46. The molecule has 1 fully saturated rings. The molecule has 0 radical (unpaired) electrons. The first-order valence-electron chi connectivity index (χ1n) is 11.3. The van der Waals surface area contributed by atoms with E-state index in [2.05, 4.69) is 20.9 Å². The van der Waals surface area contributed by atoms with Crippen LogP contribution in [-0.4, -0.2) is 29.4 Å². The van der Waals surface area contributed by atoms with Gasteiger partial charge in [-0.15, -0.1) is 0 Å². The van der Waals surface area contributed by atoms with Gasteiger partial charge < -0.3 is 14.7 Å². The van der Waals surface area contributed by atoms with E-state index in [0.717, 1.165) is 12.8 Å². The van der Waals surface area contributed by atoms with Crippen LogP contribution in [0.4, 0.5) is 18.9 Å². The first-order chi connectivity index (χ1) is 17.9. The van der Waals surface area contributed by atoms with Gasteiger partial charge in [-0.05, 0) is 57.9 Å². The van der Waals surface area contributed by atoms with Gasteiger partial charge in [0.15, 0.2) is 5.15 Å². The van der Waals surface area contributed by atoms with Crippen molar-refractivity contribution in [2.45, 2.75) is 31.3 Å². The fraction of sp³-hybridized carbons (Fsp3) is 0.250. The average molecular weight is 632 g/mol. The first-order valence-corrected chi connectivity index (χ1v) is 13.9. The number of nitrogens with one attached hydrogen (secondary N) is 1. The van der Waals surface area contributed by atoms with Gasteiger partial charge in [-0.2, -0.15) is 21.6 Å². The van der Waals surface area contributed by atoms with Crippen LogP contribution in [-0.2, 0) is 23.0 Å². The van der Waals surface area contributed by atoms with E-state index in [1.807, 2.05) is 0 Å². The predicted octanol–water partition coefficient (Wildman–Crippen LogP) is 6.03. The van der Waals surface area contributed by atoms with Crippen molar-refractivity contribution >= 4 is 49.1 Å². The summed E-state index contributed by atoms with van der Waals surface area (Å²) in [5.74, 6) is 0.163. The van der Waals surface area contributed by atoms with Gasteiger partial charge in [-0.3, -0.25) is 9.52 Å². The van der Waals surface area contributed by atoms with Gasteiger partial charge in [-0.25, -0.2) is 4.98 Å². The fourth-order valence-corrected chi connectivity index (χ4v) is 6.04. The summed E-state index contributed by atoms with van der Waals surface area (Å²) >= 11 is 9.82. The molecule has 2 aromatic rings. The maximum atomic E-state index is 13.2. The topological polar surface area (TPSA) is 120 Å². The largest absolute Gasteiger partial charge is 0.516 e. The standard InChI is InChI=1S/C24H19BrClF3N4O4S/c25-20-16-11-37-8-7-13(16)15(10-33-18(9-12-5-6-12)31-22(26)21(33)23(30)34)19(20)14-3-1-2-4-17(14)32-38(35,36)24(27,28)29/h1-4,7-8,11-12,32H,5-6,9-10H2,(H2,30,34). The van der Waals surface area contributed by atoms with Crippen LogP contribution < -0.4 is 10.5 Å². The van der Waals surface area contributed by atoms with Crippen molar-refractivity contribution in [2.75, 3.05) is 4.72 Å². The van der Waals surface area contributed by atoms with Crippen LogP contribution >= 0.6 is 27.5 Å². The van der Waals surface area contributed by atoms with Crippen LogP contribution in [0.25, 0.3) is 22.3 Å². The Bertz CT molecular complexity index is 1630. The lowest BCUT2D eigenvalue weighted by molar-refractivity contribution is -0.0429. The molecule has 38 heavy (non-hydrogen) atoms. The number of hydrogen-bond acceptors (Lipinski definition) is 5. The van der Waals surface area contributed by atoms with Gasteiger partial charge in [0, 0.05) is 27.6 Å². The van der Waals surface area contributed by atoms with E-state index >= 15 is 0 Å². The molecule has 0 saturated heterocycles. The number of amides is 1. The minimum Gasteiger partial charge on any atom is -0.472 e. The molecule has 0 unspecified atom stereocenters. The number of imidazole rings is 1. The van der Waals surface area contributed by atoms with E-state index in [9.17, 15) is 26.4 Å². The summed E-state index contributed by atoms with van der Waals surface area (Å²) in [7, 11) is -5.70. The van der Waals surface area contributed by atoms with Crippen molar-refractivity contribution in [3.05, 3.63) is 69.6 Å². The summed E-state index contributed by atoms with van der Waals surface area (Å²) in [5.41, 5.74) is 2.23. The van der Waals surface area contributed by atoms with Crippen molar-refractivity contribution in [2.24, 2.45) is 11.7 Å². The summed E-state index contributed by atoms with van der Waals surface area (Å²) in [6, 6.07) is 7.38. The number of nitrogens with zero attached hydrogens (tertiary/aromatic N) is 2. The SMILES string of the molecule is NC(=O)c1c(Cl)nc(CC2CC2)n1Cc1c2ccocc-2c(Br)c1-c1ccccc1NS(=O)(=O)C(F)(F)F. The molecule has 14 heteroatoms. The third kappa shape index (κ3) is 4.78. The third-order valence-corrected chi connectivity index (χ3v) is 8.52. The Balaban J connectivity index is 1.72. The van der Waals surface area contributed by atoms with Crippen LogP contribution in [0.5, 0.6) is 0 Å². The summed E-state index contributed by atoms with van der Waals surface area (Å²) in [6.07, 6.45) is 5.48. The molecule has 1 aliphatic heterocycles.